The van der Waals surface area contributed by atoms with Gasteiger partial charge in [-0.3, -0.25) is 9.69 Å². The third-order valence-corrected chi connectivity index (χ3v) is 3.64. The molecule has 4 nitrogen and oxygen atoms in total. The standard InChI is InChI=1S/C16H14FNO3/c1-21-11-8-6-10(7-9-11)18-14(15(19)16(18)20)12-4-2-3-5-13(12)17/h2-9,14-15,19H,1H3/t14-,15+/m1/s1. The smallest absolute Gasteiger partial charge is 0.259 e. The topological polar surface area (TPSA) is 49.8 Å². The maximum absolute atomic E-state index is 13.9. The molecule has 0 aromatic heterocycles. The molecule has 1 aliphatic heterocycles. The lowest BCUT2D eigenvalue weighted by Gasteiger charge is -2.44. The van der Waals surface area contributed by atoms with Gasteiger partial charge in [-0.2, -0.15) is 0 Å². The molecule has 1 N–H and O–H groups in total. The molecular weight excluding hydrogens is 273 g/mol. The summed E-state index contributed by atoms with van der Waals surface area (Å²) in [6, 6.07) is 12.3. The van der Waals surface area contributed by atoms with E-state index in [1.165, 1.54) is 11.0 Å². The number of ether oxygens (including phenoxy) is 1. The van der Waals surface area contributed by atoms with Gasteiger partial charge in [-0.1, -0.05) is 18.2 Å². The molecule has 21 heavy (non-hydrogen) atoms. The summed E-state index contributed by atoms with van der Waals surface area (Å²) >= 11 is 0. The number of carbonyl (C=O) groups excluding carboxylic acids is 1. The van der Waals surface area contributed by atoms with Gasteiger partial charge in [-0.15, -0.1) is 0 Å². The molecule has 1 heterocycles. The molecule has 3 rings (SSSR count). The third kappa shape index (κ3) is 2.15. The summed E-state index contributed by atoms with van der Waals surface area (Å²) in [4.78, 5) is 13.3. The number of nitrogens with zero attached hydrogens (tertiary/aromatic N) is 1. The number of β-lactam (4-membered cyclic amide) rings is 1. The van der Waals surface area contributed by atoms with Crippen molar-refractivity contribution in [3.05, 3.63) is 59.9 Å². The van der Waals surface area contributed by atoms with Crippen molar-refractivity contribution in [2.45, 2.75) is 12.1 Å². The number of aliphatic hydroxyl groups excluding tert-OH is 1. The fourth-order valence-electron chi connectivity index (χ4n) is 2.53. The summed E-state index contributed by atoms with van der Waals surface area (Å²) in [6.45, 7) is 0. The van der Waals surface area contributed by atoms with E-state index in [1.807, 2.05) is 0 Å². The first-order chi connectivity index (χ1) is 10.1. The van der Waals surface area contributed by atoms with Crippen LogP contribution in [0.4, 0.5) is 10.1 Å². The molecule has 2 aromatic rings. The summed E-state index contributed by atoms with van der Waals surface area (Å²) in [5.74, 6) is -0.212. The van der Waals surface area contributed by atoms with E-state index in [0.717, 1.165) is 0 Å². The number of methoxy groups -OCH3 is 1. The van der Waals surface area contributed by atoms with Gasteiger partial charge in [0.25, 0.3) is 5.91 Å². The quantitative estimate of drug-likeness (QED) is 0.881. The van der Waals surface area contributed by atoms with Gasteiger partial charge in [0.2, 0.25) is 0 Å². The largest absolute Gasteiger partial charge is 0.497 e. The molecule has 0 bridgehead atoms. The highest BCUT2D eigenvalue weighted by molar-refractivity contribution is 6.04. The van der Waals surface area contributed by atoms with Crippen molar-refractivity contribution in [2.24, 2.45) is 0 Å². The number of carbonyl (C=O) groups is 1. The summed E-state index contributed by atoms with van der Waals surface area (Å²) in [5.41, 5.74) is 0.903. The Hall–Kier alpha value is -2.40. The minimum Gasteiger partial charge on any atom is -0.497 e. The average molecular weight is 287 g/mol. The molecule has 108 valence electrons. The molecule has 0 radical (unpaired) electrons. The number of halogens is 1. The van der Waals surface area contributed by atoms with Crippen molar-refractivity contribution in [2.75, 3.05) is 12.0 Å². The Bertz CT molecular complexity index is 671. The second-order valence-electron chi connectivity index (χ2n) is 4.82. The van der Waals surface area contributed by atoms with Crippen LogP contribution in [0.2, 0.25) is 0 Å². The molecule has 2 atom stereocenters. The van der Waals surface area contributed by atoms with Crippen molar-refractivity contribution < 1.29 is 19.0 Å². The van der Waals surface area contributed by atoms with Crippen LogP contribution in [0.5, 0.6) is 5.75 Å². The fraction of sp³-hybridized carbons (Fsp3) is 0.188. The molecule has 5 heteroatoms. The van der Waals surface area contributed by atoms with Crippen LogP contribution in [0.1, 0.15) is 11.6 Å². The van der Waals surface area contributed by atoms with E-state index in [-0.39, 0.29) is 0 Å². The first kappa shape index (κ1) is 13.6. The zero-order valence-electron chi connectivity index (χ0n) is 11.4. The lowest BCUT2D eigenvalue weighted by atomic mass is 9.89. The van der Waals surface area contributed by atoms with Crippen LogP contribution in [-0.4, -0.2) is 24.2 Å². The molecular formula is C16H14FNO3. The highest BCUT2D eigenvalue weighted by atomic mass is 19.1. The number of amides is 1. The molecule has 0 unspecified atom stereocenters. The number of hydrogen-bond donors (Lipinski definition) is 1. The van der Waals surface area contributed by atoms with Gasteiger partial charge in [0.15, 0.2) is 6.10 Å². The number of aliphatic hydroxyl groups is 1. The Morgan fingerprint density at radius 3 is 2.43 bits per heavy atom. The van der Waals surface area contributed by atoms with Crippen LogP contribution >= 0.6 is 0 Å². The van der Waals surface area contributed by atoms with Gasteiger partial charge in [0, 0.05) is 11.3 Å². The zero-order chi connectivity index (χ0) is 15.0. The van der Waals surface area contributed by atoms with Gasteiger partial charge in [0.05, 0.1) is 13.2 Å². The van der Waals surface area contributed by atoms with E-state index in [9.17, 15) is 14.3 Å². The molecule has 1 fully saturated rings. The summed E-state index contributed by atoms with van der Waals surface area (Å²) in [6.07, 6.45) is -1.22. The average Bonchev–Trinajstić information content (AvgIpc) is 2.53. The van der Waals surface area contributed by atoms with Crippen molar-refractivity contribution in [1.82, 2.24) is 0 Å². The molecule has 1 aliphatic rings. The Morgan fingerprint density at radius 1 is 1.14 bits per heavy atom. The monoisotopic (exact) mass is 287 g/mol. The number of anilines is 1. The molecule has 0 spiro atoms. The summed E-state index contributed by atoms with van der Waals surface area (Å²) < 4.78 is 19.0. The highest BCUT2D eigenvalue weighted by Crippen LogP contribution is 2.40. The Balaban J connectivity index is 1.96. The van der Waals surface area contributed by atoms with Crippen LogP contribution in [0, 0.1) is 5.82 Å². The van der Waals surface area contributed by atoms with Crippen LogP contribution < -0.4 is 9.64 Å². The number of hydrogen-bond acceptors (Lipinski definition) is 3. The second-order valence-corrected chi connectivity index (χ2v) is 4.82. The zero-order valence-corrected chi connectivity index (χ0v) is 11.4. The van der Waals surface area contributed by atoms with Gasteiger partial charge >= 0.3 is 0 Å². The lowest BCUT2D eigenvalue weighted by molar-refractivity contribution is -0.137. The van der Waals surface area contributed by atoms with E-state index in [1.54, 1.807) is 49.6 Å². The van der Waals surface area contributed by atoms with Crippen LogP contribution in [0.3, 0.4) is 0 Å². The SMILES string of the molecule is COc1ccc(N2C(=O)[C@@H](O)[C@H]2c2ccccc2F)cc1. The number of rotatable bonds is 3. The Labute approximate surface area is 121 Å². The van der Waals surface area contributed by atoms with E-state index in [2.05, 4.69) is 0 Å². The third-order valence-electron chi connectivity index (χ3n) is 3.64. The van der Waals surface area contributed by atoms with Gasteiger partial charge in [-0.25, -0.2) is 4.39 Å². The van der Waals surface area contributed by atoms with Crippen LogP contribution in [0.25, 0.3) is 0 Å². The molecule has 1 saturated heterocycles. The summed E-state index contributed by atoms with van der Waals surface area (Å²) in [7, 11) is 1.55. The maximum Gasteiger partial charge on any atom is 0.259 e. The van der Waals surface area contributed by atoms with E-state index >= 15 is 0 Å². The Kier molecular flexibility index (Phi) is 3.35. The highest BCUT2D eigenvalue weighted by Gasteiger charge is 2.48. The van der Waals surface area contributed by atoms with Crippen molar-refractivity contribution in [1.29, 1.82) is 0 Å². The van der Waals surface area contributed by atoms with Gasteiger partial charge in [-0.05, 0) is 30.3 Å². The molecule has 0 saturated carbocycles. The maximum atomic E-state index is 13.9. The minimum absolute atomic E-state index is 0.306. The van der Waals surface area contributed by atoms with Gasteiger partial charge in [0.1, 0.15) is 11.6 Å². The van der Waals surface area contributed by atoms with Gasteiger partial charge < -0.3 is 9.84 Å². The molecule has 2 aromatic carbocycles. The fourth-order valence-corrected chi connectivity index (χ4v) is 2.53. The van der Waals surface area contributed by atoms with E-state index < -0.39 is 23.9 Å². The van der Waals surface area contributed by atoms with E-state index in [4.69, 9.17) is 4.74 Å². The van der Waals surface area contributed by atoms with Crippen LogP contribution in [0.15, 0.2) is 48.5 Å². The summed E-state index contributed by atoms with van der Waals surface area (Å²) in [5, 5.41) is 9.90. The van der Waals surface area contributed by atoms with Crippen molar-refractivity contribution in [3.63, 3.8) is 0 Å². The predicted molar refractivity (Wildman–Crippen MR) is 75.6 cm³/mol. The van der Waals surface area contributed by atoms with Crippen molar-refractivity contribution in [3.8, 4) is 5.75 Å². The Morgan fingerprint density at radius 2 is 1.81 bits per heavy atom. The lowest BCUT2D eigenvalue weighted by Crippen LogP contribution is -2.59. The molecule has 0 aliphatic carbocycles. The van der Waals surface area contributed by atoms with Crippen LogP contribution in [-0.2, 0) is 4.79 Å². The van der Waals surface area contributed by atoms with E-state index in [0.29, 0.717) is 17.0 Å². The minimum atomic E-state index is -1.22. The second kappa shape index (κ2) is 5.18. The normalized spacial score (nSPS) is 21.1. The van der Waals surface area contributed by atoms with Crippen molar-refractivity contribution >= 4 is 11.6 Å². The first-order valence-corrected chi connectivity index (χ1v) is 6.53. The number of benzene rings is 2. The predicted octanol–water partition coefficient (Wildman–Crippen LogP) is 2.28. The first-order valence-electron chi connectivity index (χ1n) is 6.53. The molecule has 1 amide bonds.